The third kappa shape index (κ3) is 3.41. The number of ether oxygens (including phenoxy) is 1. The molecule has 1 aliphatic rings. The van der Waals surface area contributed by atoms with Gasteiger partial charge in [-0.15, -0.1) is 0 Å². The van der Waals surface area contributed by atoms with Crippen molar-refractivity contribution in [2.75, 3.05) is 18.0 Å². The topological polar surface area (TPSA) is 75.7 Å². The van der Waals surface area contributed by atoms with Crippen molar-refractivity contribution < 1.29 is 17.9 Å². The first kappa shape index (κ1) is 16.8. The lowest BCUT2D eigenvalue weighted by atomic mass is 10.1. The fraction of sp³-hybridized carbons (Fsp3) is 0.533. The standard InChI is InChI=1S/C15H22N2O4S/c1-5-8-16-22(19,20)12-6-7-14-13(9-12)17(11(2)18)10-15(3,4)21-14/h6-7,9,16H,5,8,10H2,1-4H3. The molecule has 0 spiro atoms. The zero-order valence-corrected chi connectivity index (χ0v) is 14.2. The molecule has 1 amide bonds. The fourth-order valence-corrected chi connectivity index (χ4v) is 3.51. The molecule has 1 aromatic rings. The largest absolute Gasteiger partial charge is 0.484 e. The van der Waals surface area contributed by atoms with Crippen LogP contribution in [0.2, 0.25) is 0 Å². The van der Waals surface area contributed by atoms with Gasteiger partial charge < -0.3 is 9.64 Å². The summed E-state index contributed by atoms with van der Waals surface area (Å²) in [5.41, 5.74) is -0.0225. The predicted octanol–water partition coefficient (Wildman–Crippen LogP) is 1.90. The summed E-state index contributed by atoms with van der Waals surface area (Å²) in [6.45, 7) is 7.88. The van der Waals surface area contributed by atoms with E-state index in [1.807, 2.05) is 20.8 Å². The number of rotatable bonds is 4. The lowest BCUT2D eigenvalue weighted by molar-refractivity contribution is -0.117. The summed E-state index contributed by atoms with van der Waals surface area (Å²) in [6, 6.07) is 4.59. The van der Waals surface area contributed by atoms with Gasteiger partial charge >= 0.3 is 0 Å². The van der Waals surface area contributed by atoms with E-state index in [1.165, 1.54) is 19.1 Å². The van der Waals surface area contributed by atoms with Crippen LogP contribution in [0.1, 0.15) is 34.1 Å². The first-order chi connectivity index (χ1) is 10.2. The lowest BCUT2D eigenvalue weighted by Crippen LogP contribution is -2.48. The van der Waals surface area contributed by atoms with Gasteiger partial charge in [0.2, 0.25) is 15.9 Å². The predicted molar refractivity (Wildman–Crippen MR) is 84.7 cm³/mol. The maximum Gasteiger partial charge on any atom is 0.240 e. The maximum absolute atomic E-state index is 12.2. The second-order valence-corrected chi connectivity index (χ2v) is 7.76. The van der Waals surface area contributed by atoms with Gasteiger partial charge in [0.1, 0.15) is 11.4 Å². The normalized spacial score (nSPS) is 16.8. The molecule has 2 rings (SSSR count). The molecule has 122 valence electrons. The molecular weight excluding hydrogens is 304 g/mol. The van der Waals surface area contributed by atoms with Crippen LogP contribution in [0, 0.1) is 0 Å². The van der Waals surface area contributed by atoms with Crippen molar-refractivity contribution in [1.82, 2.24) is 4.72 Å². The Kier molecular flexibility index (Phi) is 4.49. The molecule has 0 saturated carbocycles. The van der Waals surface area contributed by atoms with Gasteiger partial charge in [-0.25, -0.2) is 13.1 Å². The van der Waals surface area contributed by atoms with Crippen molar-refractivity contribution in [3.05, 3.63) is 18.2 Å². The lowest BCUT2D eigenvalue weighted by Gasteiger charge is -2.39. The Morgan fingerprint density at radius 2 is 2.09 bits per heavy atom. The summed E-state index contributed by atoms with van der Waals surface area (Å²) in [5.74, 6) is 0.370. The number of fused-ring (bicyclic) bond motifs is 1. The molecule has 6 nitrogen and oxygen atoms in total. The number of amides is 1. The van der Waals surface area contributed by atoms with Crippen LogP contribution in [-0.4, -0.2) is 33.0 Å². The molecule has 22 heavy (non-hydrogen) atoms. The van der Waals surface area contributed by atoms with Gasteiger partial charge in [-0.1, -0.05) is 6.92 Å². The number of hydrogen-bond donors (Lipinski definition) is 1. The average molecular weight is 326 g/mol. The van der Waals surface area contributed by atoms with Crippen LogP contribution >= 0.6 is 0 Å². The molecular formula is C15H22N2O4S. The Morgan fingerprint density at radius 3 is 2.68 bits per heavy atom. The monoisotopic (exact) mass is 326 g/mol. The Morgan fingerprint density at radius 1 is 1.41 bits per heavy atom. The summed E-state index contributed by atoms with van der Waals surface area (Å²) in [6.07, 6.45) is 0.709. The molecule has 7 heteroatoms. The third-order valence-electron chi connectivity index (χ3n) is 3.38. The molecule has 1 heterocycles. The highest BCUT2D eigenvalue weighted by atomic mass is 32.2. The van der Waals surface area contributed by atoms with Crippen LogP contribution in [0.5, 0.6) is 5.75 Å². The minimum absolute atomic E-state index is 0.134. The Balaban J connectivity index is 2.46. The van der Waals surface area contributed by atoms with Crippen molar-refractivity contribution in [1.29, 1.82) is 0 Å². The number of nitrogens with one attached hydrogen (secondary N) is 1. The van der Waals surface area contributed by atoms with E-state index in [0.29, 0.717) is 30.9 Å². The molecule has 0 radical (unpaired) electrons. The van der Waals surface area contributed by atoms with Gasteiger partial charge in [0.05, 0.1) is 17.1 Å². The Hall–Kier alpha value is -1.60. The quantitative estimate of drug-likeness (QED) is 0.917. The Bertz CT molecular complexity index is 683. The van der Waals surface area contributed by atoms with Crippen LogP contribution in [0.3, 0.4) is 0 Å². The summed E-state index contributed by atoms with van der Waals surface area (Å²) in [5, 5.41) is 0. The van der Waals surface area contributed by atoms with Gasteiger partial charge in [-0.05, 0) is 38.5 Å². The van der Waals surface area contributed by atoms with Crippen molar-refractivity contribution in [2.24, 2.45) is 0 Å². The van der Waals surface area contributed by atoms with Crippen LogP contribution in [-0.2, 0) is 14.8 Å². The second kappa shape index (κ2) is 5.89. The number of hydrogen-bond acceptors (Lipinski definition) is 4. The van der Waals surface area contributed by atoms with Gasteiger partial charge in [0.25, 0.3) is 0 Å². The number of anilines is 1. The third-order valence-corrected chi connectivity index (χ3v) is 4.84. The van der Waals surface area contributed by atoms with Crippen molar-refractivity contribution in [3.8, 4) is 5.75 Å². The van der Waals surface area contributed by atoms with Crippen LogP contribution in [0.25, 0.3) is 0 Å². The number of sulfonamides is 1. The minimum atomic E-state index is -3.58. The van der Waals surface area contributed by atoms with Gasteiger partial charge in [-0.3, -0.25) is 4.79 Å². The molecule has 1 N–H and O–H groups in total. The summed E-state index contributed by atoms with van der Waals surface area (Å²) < 4.78 is 32.8. The van der Waals surface area contributed by atoms with Gasteiger partial charge in [0, 0.05) is 13.5 Å². The number of benzene rings is 1. The second-order valence-electron chi connectivity index (χ2n) is 5.99. The number of carbonyl (C=O) groups excluding carboxylic acids is 1. The van der Waals surface area contributed by atoms with E-state index >= 15 is 0 Å². The van der Waals surface area contributed by atoms with Crippen LogP contribution in [0.15, 0.2) is 23.1 Å². The van der Waals surface area contributed by atoms with Crippen molar-refractivity contribution in [2.45, 2.75) is 44.6 Å². The average Bonchev–Trinajstić information content (AvgIpc) is 2.42. The van der Waals surface area contributed by atoms with Gasteiger partial charge in [0.15, 0.2) is 0 Å². The first-order valence-electron chi connectivity index (χ1n) is 7.27. The highest BCUT2D eigenvalue weighted by Gasteiger charge is 2.34. The molecule has 0 atom stereocenters. The number of carbonyl (C=O) groups is 1. The highest BCUT2D eigenvalue weighted by molar-refractivity contribution is 7.89. The van der Waals surface area contributed by atoms with Gasteiger partial charge in [-0.2, -0.15) is 0 Å². The first-order valence-corrected chi connectivity index (χ1v) is 8.75. The van der Waals surface area contributed by atoms with E-state index in [4.69, 9.17) is 4.74 Å². The minimum Gasteiger partial charge on any atom is -0.484 e. The molecule has 0 unspecified atom stereocenters. The summed E-state index contributed by atoms with van der Waals surface area (Å²) in [7, 11) is -3.58. The maximum atomic E-state index is 12.2. The van der Waals surface area contributed by atoms with E-state index in [9.17, 15) is 13.2 Å². The fourth-order valence-electron chi connectivity index (χ4n) is 2.36. The molecule has 0 aliphatic carbocycles. The SMILES string of the molecule is CCCNS(=O)(=O)c1ccc2c(c1)N(C(C)=O)CC(C)(C)O2. The van der Waals surface area contributed by atoms with Crippen LogP contribution < -0.4 is 14.4 Å². The molecule has 1 aromatic carbocycles. The molecule has 0 aromatic heterocycles. The molecule has 0 saturated heterocycles. The van der Waals surface area contributed by atoms with E-state index in [2.05, 4.69) is 4.72 Å². The van der Waals surface area contributed by atoms with Crippen molar-refractivity contribution in [3.63, 3.8) is 0 Å². The van der Waals surface area contributed by atoms with Crippen LogP contribution in [0.4, 0.5) is 5.69 Å². The highest BCUT2D eigenvalue weighted by Crippen LogP contribution is 2.38. The number of nitrogens with zero attached hydrogens (tertiary/aromatic N) is 1. The van der Waals surface area contributed by atoms with E-state index in [1.54, 1.807) is 11.0 Å². The van der Waals surface area contributed by atoms with E-state index in [0.717, 1.165) is 0 Å². The van der Waals surface area contributed by atoms with E-state index < -0.39 is 15.6 Å². The molecule has 0 fully saturated rings. The zero-order valence-electron chi connectivity index (χ0n) is 13.3. The summed E-state index contributed by atoms with van der Waals surface area (Å²) >= 11 is 0. The smallest absolute Gasteiger partial charge is 0.240 e. The summed E-state index contributed by atoms with van der Waals surface area (Å²) in [4.78, 5) is 13.6. The molecule has 0 bridgehead atoms. The zero-order chi connectivity index (χ0) is 16.5. The van der Waals surface area contributed by atoms with E-state index in [-0.39, 0.29) is 10.8 Å². The molecule has 1 aliphatic heterocycles. The van der Waals surface area contributed by atoms with Crippen molar-refractivity contribution >= 4 is 21.6 Å². The Labute approximate surface area is 131 Å².